The van der Waals surface area contributed by atoms with Gasteiger partial charge < -0.3 is 5.11 Å². The first-order valence-corrected chi connectivity index (χ1v) is 9.61. The van der Waals surface area contributed by atoms with Crippen LogP contribution in [0.1, 0.15) is 56.3 Å². The fraction of sp³-hybridized carbons (Fsp3) is 0.333. The van der Waals surface area contributed by atoms with Crippen molar-refractivity contribution in [2.24, 2.45) is 5.92 Å². The quantitative estimate of drug-likeness (QED) is 0.410. The number of aliphatic hydroxyl groups excluding tert-OH is 1. The van der Waals surface area contributed by atoms with E-state index in [4.69, 9.17) is 0 Å². The predicted molar refractivity (Wildman–Crippen MR) is 108 cm³/mol. The van der Waals surface area contributed by atoms with Crippen molar-refractivity contribution in [3.8, 4) is 0 Å². The molecule has 1 heteroatoms. The van der Waals surface area contributed by atoms with Crippen molar-refractivity contribution in [3.63, 3.8) is 0 Å². The Labute approximate surface area is 150 Å². The van der Waals surface area contributed by atoms with E-state index in [-0.39, 0.29) is 5.92 Å². The minimum atomic E-state index is -0.406. The highest BCUT2D eigenvalue weighted by Crippen LogP contribution is 2.43. The van der Waals surface area contributed by atoms with Crippen LogP contribution in [0.2, 0.25) is 0 Å². The van der Waals surface area contributed by atoms with E-state index in [0.29, 0.717) is 0 Å². The Hall–Kier alpha value is -2.12. The van der Waals surface area contributed by atoms with E-state index in [1.807, 2.05) is 0 Å². The van der Waals surface area contributed by atoms with Gasteiger partial charge in [-0.15, -0.1) is 0 Å². The number of benzene rings is 3. The third kappa shape index (κ3) is 2.87. The molecular formula is C24H26O. The molecule has 4 rings (SSSR count). The molecule has 2 atom stereocenters. The van der Waals surface area contributed by atoms with E-state index in [9.17, 15) is 5.11 Å². The van der Waals surface area contributed by atoms with Crippen LogP contribution in [0.3, 0.4) is 0 Å². The Morgan fingerprint density at radius 3 is 2.16 bits per heavy atom. The highest BCUT2D eigenvalue weighted by atomic mass is 16.3. The summed E-state index contributed by atoms with van der Waals surface area (Å²) in [6, 6.07) is 17.1. The highest BCUT2D eigenvalue weighted by molar-refractivity contribution is 6.13. The fourth-order valence-corrected chi connectivity index (χ4v) is 4.29. The first-order valence-electron chi connectivity index (χ1n) is 9.61. The maximum absolute atomic E-state index is 11.2. The standard InChI is InChI=1S/C24H26O/c1-2-3-4-5-10-17-15-16-22-20-13-7-6-11-18(20)19-12-8-9-14-21(19)23(22)24(17)25/h6-9,11-17,24-25H,2-5,10H2,1H3/t17-,24-/m0/s1. The second-order valence-electron chi connectivity index (χ2n) is 7.24. The fourth-order valence-electron chi connectivity index (χ4n) is 4.29. The van der Waals surface area contributed by atoms with Crippen LogP contribution >= 0.6 is 0 Å². The number of fused-ring (bicyclic) bond motifs is 6. The summed E-state index contributed by atoms with van der Waals surface area (Å²) in [4.78, 5) is 0. The molecule has 3 aromatic rings. The molecule has 0 aliphatic heterocycles. The molecule has 3 aromatic carbocycles. The molecule has 1 aliphatic carbocycles. The van der Waals surface area contributed by atoms with Crippen LogP contribution in [0.5, 0.6) is 0 Å². The molecule has 25 heavy (non-hydrogen) atoms. The van der Waals surface area contributed by atoms with Crippen molar-refractivity contribution in [1.29, 1.82) is 0 Å². The highest BCUT2D eigenvalue weighted by Gasteiger charge is 2.27. The van der Waals surface area contributed by atoms with Crippen LogP contribution in [0.25, 0.3) is 27.6 Å². The first kappa shape index (κ1) is 16.4. The summed E-state index contributed by atoms with van der Waals surface area (Å²) in [5, 5.41) is 16.2. The topological polar surface area (TPSA) is 20.2 Å². The van der Waals surface area contributed by atoms with Crippen LogP contribution in [-0.2, 0) is 0 Å². The molecule has 128 valence electrons. The molecule has 1 N–H and O–H groups in total. The minimum Gasteiger partial charge on any atom is -0.388 e. The SMILES string of the molecule is CCCCCC[C@H]1C=Cc2c(c3ccccc3c3ccccc23)[C@H]1O. The average Bonchev–Trinajstić information content (AvgIpc) is 2.66. The van der Waals surface area contributed by atoms with Crippen LogP contribution in [0.4, 0.5) is 0 Å². The van der Waals surface area contributed by atoms with Gasteiger partial charge in [-0.3, -0.25) is 0 Å². The molecule has 1 nitrogen and oxygen atoms in total. The number of hydrogen-bond donors (Lipinski definition) is 1. The van der Waals surface area contributed by atoms with Gasteiger partial charge in [-0.2, -0.15) is 0 Å². The zero-order valence-electron chi connectivity index (χ0n) is 14.9. The van der Waals surface area contributed by atoms with Crippen molar-refractivity contribution < 1.29 is 5.11 Å². The zero-order valence-corrected chi connectivity index (χ0v) is 14.9. The summed E-state index contributed by atoms with van der Waals surface area (Å²) in [5.41, 5.74) is 2.32. The van der Waals surface area contributed by atoms with E-state index >= 15 is 0 Å². The maximum atomic E-state index is 11.2. The Kier molecular flexibility index (Phi) is 4.59. The number of unbranched alkanes of at least 4 members (excludes halogenated alkanes) is 3. The maximum Gasteiger partial charge on any atom is 0.0864 e. The lowest BCUT2D eigenvalue weighted by molar-refractivity contribution is 0.125. The van der Waals surface area contributed by atoms with Crippen LogP contribution < -0.4 is 0 Å². The summed E-state index contributed by atoms with van der Waals surface area (Å²) in [6.45, 7) is 2.24. The molecule has 0 saturated heterocycles. The number of hydrogen-bond acceptors (Lipinski definition) is 1. The molecule has 0 aromatic heterocycles. The number of rotatable bonds is 5. The van der Waals surface area contributed by atoms with Crippen LogP contribution in [0.15, 0.2) is 54.6 Å². The normalized spacial score (nSPS) is 19.4. The van der Waals surface area contributed by atoms with E-state index in [1.54, 1.807) is 0 Å². The van der Waals surface area contributed by atoms with Crippen molar-refractivity contribution in [3.05, 3.63) is 65.7 Å². The van der Waals surface area contributed by atoms with Crippen molar-refractivity contribution >= 4 is 27.6 Å². The lowest BCUT2D eigenvalue weighted by Gasteiger charge is -2.28. The van der Waals surface area contributed by atoms with Crippen molar-refractivity contribution in [1.82, 2.24) is 0 Å². The molecule has 0 bridgehead atoms. The molecule has 0 spiro atoms. The summed E-state index contributed by atoms with van der Waals surface area (Å²) < 4.78 is 0. The van der Waals surface area contributed by atoms with Gasteiger partial charge in [0.2, 0.25) is 0 Å². The Balaban J connectivity index is 1.81. The first-order chi connectivity index (χ1) is 12.3. The minimum absolute atomic E-state index is 0.230. The second-order valence-corrected chi connectivity index (χ2v) is 7.24. The van der Waals surface area contributed by atoms with Gasteiger partial charge in [-0.1, -0.05) is 93.3 Å². The van der Waals surface area contributed by atoms with Crippen LogP contribution in [-0.4, -0.2) is 5.11 Å². The van der Waals surface area contributed by atoms with Crippen molar-refractivity contribution in [2.45, 2.75) is 45.1 Å². The summed E-state index contributed by atoms with van der Waals surface area (Å²) >= 11 is 0. The van der Waals surface area contributed by atoms with Gasteiger partial charge in [0.1, 0.15) is 0 Å². The summed E-state index contributed by atoms with van der Waals surface area (Å²) in [6.07, 6.45) is 10.1. The second kappa shape index (κ2) is 7.01. The predicted octanol–water partition coefficient (Wildman–Crippen LogP) is 6.64. The van der Waals surface area contributed by atoms with Gasteiger partial charge in [-0.05, 0) is 39.1 Å². The van der Waals surface area contributed by atoms with Gasteiger partial charge in [-0.25, -0.2) is 0 Å². The van der Waals surface area contributed by atoms with Gasteiger partial charge in [0.05, 0.1) is 6.10 Å². The van der Waals surface area contributed by atoms with E-state index in [0.717, 1.165) is 12.0 Å². The Morgan fingerprint density at radius 2 is 1.44 bits per heavy atom. The Morgan fingerprint density at radius 1 is 0.800 bits per heavy atom. The zero-order chi connectivity index (χ0) is 17.2. The van der Waals surface area contributed by atoms with Crippen LogP contribution in [0, 0.1) is 5.92 Å². The van der Waals surface area contributed by atoms with Crippen molar-refractivity contribution in [2.75, 3.05) is 0 Å². The summed E-state index contributed by atoms with van der Waals surface area (Å²) in [7, 11) is 0. The lowest BCUT2D eigenvalue weighted by atomic mass is 9.79. The van der Waals surface area contributed by atoms with E-state index < -0.39 is 6.10 Å². The molecule has 0 radical (unpaired) electrons. The molecular weight excluding hydrogens is 304 g/mol. The van der Waals surface area contributed by atoms with Gasteiger partial charge in [0.15, 0.2) is 0 Å². The van der Waals surface area contributed by atoms with Gasteiger partial charge >= 0.3 is 0 Å². The molecule has 0 unspecified atom stereocenters. The smallest absolute Gasteiger partial charge is 0.0864 e. The third-order valence-corrected chi connectivity index (χ3v) is 5.62. The molecule has 1 aliphatic rings. The van der Waals surface area contributed by atoms with Gasteiger partial charge in [0.25, 0.3) is 0 Å². The average molecular weight is 330 g/mol. The summed E-state index contributed by atoms with van der Waals surface area (Å²) in [5.74, 6) is 0.230. The molecule has 0 amide bonds. The molecule has 0 fully saturated rings. The monoisotopic (exact) mass is 330 g/mol. The van der Waals surface area contributed by atoms with Gasteiger partial charge in [0, 0.05) is 5.92 Å². The lowest BCUT2D eigenvalue weighted by Crippen LogP contribution is -2.16. The number of aliphatic hydroxyl groups is 1. The molecule has 0 heterocycles. The third-order valence-electron chi connectivity index (χ3n) is 5.62. The van der Waals surface area contributed by atoms with E-state index in [1.165, 1.54) is 52.8 Å². The Bertz CT molecular complexity index is 922. The molecule has 0 saturated carbocycles. The largest absolute Gasteiger partial charge is 0.388 e. The van der Waals surface area contributed by atoms with E-state index in [2.05, 4.69) is 67.6 Å².